The summed E-state index contributed by atoms with van der Waals surface area (Å²) >= 11 is 6.42. The molecular weight excluding hydrogens is 612 g/mol. The lowest BCUT2D eigenvalue weighted by Gasteiger charge is -2.46. The van der Waals surface area contributed by atoms with Crippen LogP contribution in [0.5, 0.6) is 5.75 Å². The number of ether oxygens (including phenoxy) is 3. The van der Waals surface area contributed by atoms with E-state index in [1.54, 1.807) is 27.2 Å². The zero-order chi connectivity index (χ0) is 31.8. The Bertz CT molecular complexity index is 1550. The number of allylic oxidation sites excluding steroid dienone is 1. The Kier molecular flexibility index (Phi) is 9.53. The molecule has 6 atom stereocenters. The van der Waals surface area contributed by atoms with E-state index in [0.29, 0.717) is 49.2 Å². The fraction of sp³-hybridized carbons (Fsp3) is 0.571. The van der Waals surface area contributed by atoms with Gasteiger partial charge in [0.05, 0.1) is 23.6 Å². The number of nitrogens with one attached hydrogen (secondary N) is 1. The molecule has 2 aromatic rings. The lowest BCUT2D eigenvalue weighted by Crippen LogP contribution is -2.49. The Hall–Kier alpha value is -2.59. The third-order valence-electron chi connectivity index (χ3n) is 10.6. The van der Waals surface area contributed by atoms with Gasteiger partial charge in [-0.25, -0.2) is 13.1 Å². The number of hydrogen-bond donors (Lipinski definition) is 1. The number of benzene rings is 2. The first-order valence-corrected chi connectivity index (χ1v) is 18.1. The molecule has 0 radical (unpaired) electrons. The van der Waals surface area contributed by atoms with Crippen molar-refractivity contribution in [2.75, 3.05) is 45.4 Å². The summed E-state index contributed by atoms with van der Waals surface area (Å²) in [4.78, 5) is 15.9. The first-order valence-electron chi connectivity index (χ1n) is 16.2. The average Bonchev–Trinajstić information content (AvgIpc) is 3.15. The molecule has 2 heterocycles. The molecule has 1 fully saturated rings. The van der Waals surface area contributed by atoms with Crippen molar-refractivity contribution in [3.63, 3.8) is 0 Å². The van der Waals surface area contributed by atoms with Crippen molar-refractivity contribution in [1.29, 1.82) is 0 Å². The second-order valence-corrected chi connectivity index (χ2v) is 16.0. The number of sulfonamides is 1. The Morgan fingerprint density at radius 3 is 2.73 bits per heavy atom. The van der Waals surface area contributed by atoms with Gasteiger partial charge >= 0.3 is 0 Å². The monoisotopic (exact) mass is 656 g/mol. The van der Waals surface area contributed by atoms with E-state index in [1.165, 1.54) is 11.1 Å². The summed E-state index contributed by atoms with van der Waals surface area (Å²) in [6.45, 7) is 4.20. The van der Waals surface area contributed by atoms with Gasteiger partial charge in [-0.05, 0) is 111 Å². The molecule has 2 aromatic carbocycles. The molecule has 45 heavy (non-hydrogen) atoms. The van der Waals surface area contributed by atoms with Gasteiger partial charge in [-0.3, -0.25) is 4.79 Å². The number of carbonyl (C=O) groups excluding carboxylic acids is 1. The maximum atomic E-state index is 13.5. The van der Waals surface area contributed by atoms with Crippen molar-refractivity contribution in [3.8, 4) is 5.75 Å². The minimum Gasteiger partial charge on any atom is -0.490 e. The fourth-order valence-electron chi connectivity index (χ4n) is 7.86. The van der Waals surface area contributed by atoms with Gasteiger partial charge in [0, 0.05) is 49.9 Å². The van der Waals surface area contributed by atoms with Gasteiger partial charge in [0.25, 0.3) is 5.91 Å². The van der Waals surface area contributed by atoms with Crippen molar-refractivity contribution >= 4 is 33.2 Å². The van der Waals surface area contributed by atoms with Crippen LogP contribution in [0.4, 0.5) is 5.69 Å². The van der Waals surface area contributed by atoms with E-state index in [0.717, 1.165) is 55.9 Å². The molecule has 1 amide bonds. The topological polar surface area (TPSA) is 94.2 Å². The van der Waals surface area contributed by atoms with Crippen LogP contribution in [-0.4, -0.2) is 66.2 Å². The molecule has 2 aliphatic heterocycles. The highest BCUT2D eigenvalue weighted by atomic mass is 35.5. The Morgan fingerprint density at radius 2 is 1.98 bits per heavy atom. The molecule has 1 spiro atoms. The van der Waals surface area contributed by atoms with E-state index < -0.39 is 21.2 Å². The molecule has 1 saturated carbocycles. The van der Waals surface area contributed by atoms with E-state index >= 15 is 0 Å². The summed E-state index contributed by atoms with van der Waals surface area (Å²) in [5.74, 6) is 0.762. The number of methoxy groups -OCH3 is 2. The summed E-state index contributed by atoms with van der Waals surface area (Å²) in [6.07, 6.45) is 10.4. The third-order valence-corrected chi connectivity index (χ3v) is 12.5. The van der Waals surface area contributed by atoms with Crippen molar-refractivity contribution in [1.82, 2.24) is 4.72 Å². The smallest absolute Gasteiger partial charge is 0.264 e. The first kappa shape index (κ1) is 32.4. The minimum atomic E-state index is -3.93. The predicted molar refractivity (Wildman–Crippen MR) is 177 cm³/mol. The fourth-order valence-corrected chi connectivity index (χ4v) is 9.13. The molecule has 0 saturated heterocycles. The summed E-state index contributed by atoms with van der Waals surface area (Å²) < 4.78 is 47.1. The van der Waals surface area contributed by atoms with Crippen molar-refractivity contribution in [3.05, 3.63) is 70.3 Å². The Morgan fingerprint density at radius 1 is 1.13 bits per heavy atom. The molecule has 8 nitrogen and oxygen atoms in total. The molecule has 244 valence electrons. The largest absolute Gasteiger partial charge is 0.490 e. The van der Waals surface area contributed by atoms with Crippen LogP contribution in [0.15, 0.2) is 48.6 Å². The van der Waals surface area contributed by atoms with E-state index in [2.05, 4.69) is 33.9 Å². The number of rotatable bonds is 4. The van der Waals surface area contributed by atoms with Gasteiger partial charge in [-0.15, -0.1) is 0 Å². The van der Waals surface area contributed by atoms with Crippen LogP contribution in [0.25, 0.3) is 0 Å². The SMILES string of the molecule is COCC[C@H]1/C=C/[C@H](OC)[C@@H]2CC[C@H]2CN2C[C@@]3(CCCc4cc(Cl)ccc43)COc3ccc(cc32)C(=O)NS(=O)(=O)[C@H](C)C1. The number of amides is 1. The van der Waals surface area contributed by atoms with Gasteiger partial charge < -0.3 is 19.1 Å². The summed E-state index contributed by atoms with van der Waals surface area (Å²) in [5.41, 5.74) is 3.43. The number of aryl methyl sites for hydroxylation is 1. The normalized spacial score (nSPS) is 31.9. The molecule has 6 rings (SSSR count). The summed E-state index contributed by atoms with van der Waals surface area (Å²) in [5, 5.41) is -0.0345. The van der Waals surface area contributed by atoms with Crippen molar-refractivity contribution in [2.45, 2.75) is 68.6 Å². The number of nitrogens with zero attached hydrogens (tertiary/aromatic N) is 1. The molecule has 10 heteroatoms. The van der Waals surface area contributed by atoms with Gasteiger partial charge in [-0.2, -0.15) is 0 Å². The van der Waals surface area contributed by atoms with Gasteiger partial charge in [-0.1, -0.05) is 29.8 Å². The summed E-state index contributed by atoms with van der Waals surface area (Å²) in [6, 6.07) is 11.5. The predicted octanol–water partition coefficient (Wildman–Crippen LogP) is 5.92. The molecule has 2 aliphatic carbocycles. The second-order valence-electron chi connectivity index (χ2n) is 13.4. The lowest BCUT2D eigenvalue weighted by atomic mass is 9.68. The van der Waals surface area contributed by atoms with Crippen LogP contribution in [0, 0.1) is 17.8 Å². The average molecular weight is 657 g/mol. The minimum absolute atomic E-state index is 0.0379. The Balaban J connectivity index is 1.41. The van der Waals surface area contributed by atoms with Crippen LogP contribution < -0.4 is 14.4 Å². The zero-order valence-electron chi connectivity index (χ0n) is 26.5. The van der Waals surface area contributed by atoms with E-state index in [4.69, 9.17) is 25.8 Å². The quantitative estimate of drug-likeness (QED) is 0.409. The maximum absolute atomic E-state index is 13.5. The molecular formula is C35H45ClN2O6S. The van der Waals surface area contributed by atoms with E-state index in [9.17, 15) is 13.2 Å². The molecule has 0 aromatic heterocycles. The Labute approximate surface area is 272 Å². The highest BCUT2D eigenvalue weighted by Crippen LogP contribution is 2.47. The van der Waals surface area contributed by atoms with Gasteiger partial charge in [0.2, 0.25) is 10.0 Å². The third kappa shape index (κ3) is 6.64. The van der Waals surface area contributed by atoms with Crippen LogP contribution >= 0.6 is 11.6 Å². The van der Waals surface area contributed by atoms with Crippen LogP contribution in [0.2, 0.25) is 5.02 Å². The van der Waals surface area contributed by atoms with Gasteiger partial charge in [0.15, 0.2) is 0 Å². The summed E-state index contributed by atoms with van der Waals surface area (Å²) in [7, 11) is -0.526. The molecule has 1 N–H and O–H groups in total. The first-order chi connectivity index (χ1) is 21.6. The van der Waals surface area contributed by atoms with Crippen LogP contribution in [-0.2, 0) is 31.3 Å². The molecule has 2 bridgehead atoms. The number of hydrogen-bond acceptors (Lipinski definition) is 7. The van der Waals surface area contributed by atoms with Gasteiger partial charge in [0.1, 0.15) is 5.75 Å². The van der Waals surface area contributed by atoms with Crippen LogP contribution in [0.1, 0.15) is 66.9 Å². The highest BCUT2D eigenvalue weighted by Gasteiger charge is 2.44. The van der Waals surface area contributed by atoms with E-state index in [-0.39, 0.29) is 17.4 Å². The van der Waals surface area contributed by atoms with Crippen molar-refractivity contribution in [2.24, 2.45) is 17.8 Å². The standard InChI is InChI=1S/C35H45ClN2O6S/c1-23-17-24(14-16-42-2)6-12-32(43-3)29-10-7-27(29)20-38-21-35(15-4-5-25-18-28(36)9-11-30(25)35)22-44-33-13-8-26(19-31(33)38)34(39)37-45(23,40)41/h6,8-9,11-13,18-19,23-24,27,29,32H,4-5,7,10,14-17,20-22H2,1-3H3,(H,37,39)/b12-6+/t23-,24-,27+,29-,32+,35+/m1/s1. The molecule has 4 aliphatic rings. The number of halogens is 1. The highest BCUT2D eigenvalue weighted by molar-refractivity contribution is 7.90. The number of fused-ring (bicyclic) bond motifs is 4. The lowest BCUT2D eigenvalue weighted by molar-refractivity contribution is 0.0129. The molecule has 0 unspecified atom stereocenters. The maximum Gasteiger partial charge on any atom is 0.264 e. The number of anilines is 1. The van der Waals surface area contributed by atoms with Crippen molar-refractivity contribution < 1.29 is 27.4 Å². The van der Waals surface area contributed by atoms with E-state index in [1.807, 2.05) is 18.2 Å². The number of carbonyl (C=O) groups is 1. The second kappa shape index (κ2) is 13.3. The zero-order valence-corrected chi connectivity index (χ0v) is 28.0. The van der Waals surface area contributed by atoms with Crippen LogP contribution in [0.3, 0.4) is 0 Å².